The van der Waals surface area contributed by atoms with Gasteiger partial charge >= 0.3 is 12.8 Å². The second-order valence-corrected chi connectivity index (χ2v) is 7.35. The predicted octanol–water partition coefficient (Wildman–Crippen LogP) is 6.04. The zero-order valence-electron chi connectivity index (χ0n) is 18.0. The number of carbonyl (C=O) groups is 2. The lowest BCUT2D eigenvalue weighted by molar-refractivity contribution is -0.137. The fraction of sp³-hybridized carbons (Fsp3) is 0.120. The van der Waals surface area contributed by atoms with E-state index in [1.54, 1.807) is 6.07 Å². The molecule has 3 aromatic rings. The molecule has 0 aromatic heterocycles. The summed E-state index contributed by atoms with van der Waals surface area (Å²) in [5, 5.41) is 0. The molecule has 180 valence electrons. The lowest BCUT2D eigenvalue weighted by Gasteiger charge is -2.29. The topological polar surface area (TPSA) is 55.8 Å². The number of benzene rings is 3. The molecule has 0 atom stereocenters. The number of methoxy groups -OCH3 is 1. The molecule has 0 aliphatic carbocycles. The molecule has 1 aliphatic rings. The number of fused-ring (bicyclic) bond motifs is 1. The van der Waals surface area contributed by atoms with Gasteiger partial charge in [0.05, 0.1) is 18.4 Å². The average Bonchev–Trinajstić information content (AvgIpc) is 2.82. The van der Waals surface area contributed by atoms with Crippen molar-refractivity contribution >= 4 is 29.2 Å². The van der Waals surface area contributed by atoms with Crippen molar-refractivity contribution in [2.45, 2.75) is 12.8 Å². The summed E-state index contributed by atoms with van der Waals surface area (Å²) < 4.78 is 75.6. The highest BCUT2D eigenvalue weighted by Crippen LogP contribution is 2.39. The highest BCUT2D eigenvalue weighted by atomic mass is 19.4. The van der Waals surface area contributed by atoms with Gasteiger partial charge < -0.3 is 9.47 Å². The van der Waals surface area contributed by atoms with Gasteiger partial charge in [-0.1, -0.05) is 36.4 Å². The van der Waals surface area contributed by atoms with Gasteiger partial charge in [-0.2, -0.15) is 22.0 Å². The Bertz CT molecular complexity index is 1330. The molecule has 1 heterocycles. The van der Waals surface area contributed by atoms with Gasteiger partial charge in [-0.05, 0) is 42.0 Å². The number of carbonyl (C=O) groups excluding carboxylic acids is 2. The van der Waals surface area contributed by atoms with Crippen molar-refractivity contribution in [3.8, 4) is 11.5 Å². The molecule has 1 aliphatic heterocycles. The molecule has 0 saturated heterocycles. The quantitative estimate of drug-likeness (QED) is 0.249. The predicted molar refractivity (Wildman–Crippen MR) is 117 cm³/mol. The van der Waals surface area contributed by atoms with Gasteiger partial charge in [-0.15, -0.1) is 0 Å². The van der Waals surface area contributed by atoms with Crippen LogP contribution in [0.2, 0.25) is 0 Å². The van der Waals surface area contributed by atoms with E-state index in [4.69, 9.17) is 4.74 Å². The number of hydrogen-bond donors (Lipinski definition) is 0. The minimum atomic E-state index is -4.70. The molecule has 35 heavy (non-hydrogen) atoms. The first kappa shape index (κ1) is 23.9. The fourth-order valence-electron chi connectivity index (χ4n) is 3.73. The zero-order chi connectivity index (χ0) is 25.3. The molecule has 0 unspecified atom stereocenters. The van der Waals surface area contributed by atoms with E-state index in [1.807, 2.05) is 0 Å². The second-order valence-electron chi connectivity index (χ2n) is 7.35. The molecular weight excluding hydrogens is 473 g/mol. The molecule has 5 nitrogen and oxygen atoms in total. The van der Waals surface area contributed by atoms with E-state index in [-0.39, 0.29) is 39.4 Å². The van der Waals surface area contributed by atoms with Crippen LogP contribution in [-0.2, 0) is 11.0 Å². The summed E-state index contributed by atoms with van der Waals surface area (Å²) in [6.07, 6.45) is -3.47. The standard InChI is InChI=1S/C25H16F5NO4/c1-34-20-11-4-6-14(21(20)35-24(26)27)12-19-17-9-2-3-10-18(17)22(32)31(23(19)33)16-8-5-7-15(13-16)25(28,29)30/h2-13,24H,1H3/b19-12-. The zero-order valence-corrected chi connectivity index (χ0v) is 18.0. The van der Waals surface area contributed by atoms with E-state index in [0.29, 0.717) is 11.0 Å². The van der Waals surface area contributed by atoms with Gasteiger partial charge in [-0.3, -0.25) is 9.59 Å². The van der Waals surface area contributed by atoms with Crippen LogP contribution in [0.5, 0.6) is 11.5 Å². The summed E-state index contributed by atoms with van der Waals surface area (Å²) in [6, 6.07) is 14.1. The second kappa shape index (κ2) is 9.21. The third-order valence-electron chi connectivity index (χ3n) is 5.25. The largest absolute Gasteiger partial charge is 0.493 e. The smallest absolute Gasteiger partial charge is 0.416 e. The van der Waals surface area contributed by atoms with Gasteiger partial charge in [0.25, 0.3) is 11.8 Å². The molecular formula is C25H16F5NO4. The van der Waals surface area contributed by atoms with E-state index < -0.39 is 30.2 Å². The summed E-state index contributed by atoms with van der Waals surface area (Å²) in [5.41, 5.74) is -1.15. The Morgan fingerprint density at radius 1 is 0.886 bits per heavy atom. The van der Waals surface area contributed by atoms with Crippen LogP contribution in [0.15, 0.2) is 66.7 Å². The van der Waals surface area contributed by atoms with Crippen LogP contribution in [0.25, 0.3) is 11.6 Å². The Balaban J connectivity index is 1.91. The first-order chi connectivity index (χ1) is 16.6. The molecule has 0 bridgehead atoms. The molecule has 0 N–H and O–H groups in total. The average molecular weight is 489 g/mol. The Hall–Kier alpha value is -4.21. The molecule has 2 amide bonds. The number of amides is 2. The molecule has 10 heteroatoms. The van der Waals surface area contributed by atoms with Crippen molar-refractivity contribution in [1.29, 1.82) is 0 Å². The maximum absolute atomic E-state index is 13.5. The van der Waals surface area contributed by atoms with Crippen molar-refractivity contribution < 1.29 is 41.0 Å². The minimum Gasteiger partial charge on any atom is -0.493 e. The third-order valence-corrected chi connectivity index (χ3v) is 5.25. The van der Waals surface area contributed by atoms with Crippen LogP contribution >= 0.6 is 0 Å². The number of halogens is 5. The molecule has 4 rings (SSSR count). The van der Waals surface area contributed by atoms with E-state index in [1.165, 1.54) is 55.7 Å². The number of anilines is 1. The number of imide groups is 1. The molecule has 0 fully saturated rings. The SMILES string of the molecule is COc1cccc(/C=C2\C(=O)N(c3cccc(C(F)(F)F)c3)C(=O)c3ccccc32)c1OC(F)F. The van der Waals surface area contributed by atoms with Gasteiger partial charge in [-0.25, -0.2) is 4.90 Å². The van der Waals surface area contributed by atoms with Crippen molar-refractivity contribution in [3.05, 3.63) is 89.0 Å². The van der Waals surface area contributed by atoms with Crippen molar-refractivity contribution in [1.82, 2.24) is 0 Å². The van der Waals surface area contributed by atoms with Crippen LogP contribution in [0.4, 0.5) is 27.6 Å². The van der Waals surface area contributed by atoms with E-state index >= 15 is 0 Å². The van der Waals surface area contributed by atoms with Crippen LogP contribution in [0, 0.1) is 0 Å². The lowest BCUT2D eigenvalue weighted by atomic mass is 9.91. The monoisotopic (exact) mass is 489 g/mol. The van der Waals surface area contributed by atoms with E-state index in [9.17, 15) is 31.5 Å². The Kier molecular flexibility index (Phi) is 6.29. The number of nitrogens with zero attached hydrogens (tertiary/aromatic N) is 1. The summed E-state index contributed by atoms with van der Waals surface area (Å²) in [6.45, 7) is -3.19. The van der Waals surface area contributed by atoms with Crippen LogP contribution in [0.3, 0.4) is 0 Å². The third kappa shape index (κ3) is 4.59. The van der Waals surface area contributed by atoms with Crippen molar-refractivity contribution in [2.75, 3.05) is 12.0 Å². The fourth-order valence-corrected chi connectivity index (χ4v) is 3.73. The highest BCUT2D eigenvalue weighted by molar-refractivity contribution is 6.43. The van der Waals surface area contributed by atoms with Crippen molar-refractivity contribution in [3.63, 3.8) is 0 Å². The Morgan fingerprint density at radius 2 is 1.57 bits per heavy atom. The minimum absolute atomic E-state index is 0.0259. The van der Waals surface area contributed by atoms with Gasteiger partial charge in [0.1, 0.15) is 0 Å². The number of para-hydroxylation sites is 1. The molecule has 3 aromatic carbocycles. The lowest BCUT2D eigenvalue weighted by Crippen LogP contribution is -2.41. The van der Waals surface area contributed by atoms with Crippen LogP contribution in [-0.4, -0.2) is 25.5 Å². The summed E-state index contributed by atoms with van der Waals surface area (Å²) in [5.74, 6) is -2.12. The first-order valence-electron chi connectivity index (χ1n) is 10.1. The summed E-state index contributed by atoms with van der Waals surface area (Å²) in [4.78, 5) is 27.3. The van der Waals surface area contributed by atoms with E-state index in [2.05, 4.69) is 4.74 Å². The molecule has 0 spiro atoms. The molecule has 0 saturated carbocycles. The highest BCUT2D eigenvalue weighted by Gasteiger charge is 2.38. The number of alkyl halides is 5. The maximum Gasteiger partial charge on any atom is 0.416 e. The number of rotatable bonds is 5. The van der Waals surface area contributed by atoms with Crippen LogP contribution < -0.4 is 14.4 Å². The summed E-state index contributed by atoms with van der Waals surface area (Å²) in [7, 11) is 1.25. The Labute approximate surface area is 196 Å². The van der Waals surface area contributed by atoms with Gasteiger partial charge in [0.15, 0.2) is 11.5 Å². The van der Waals surface area contributed by atoms with E-state index in [0.717, 1.165) is 12.1 Å². The first-order valence-corrected chi connectivity index (χ1v) is 10.1. The molecule has 0 radical (unpaired) electrons. The number of hydrogen-bond acceptors (Lipinski definition) is 4. The van der Waals surface area contributed by atoms with Gasteiger partial charge in [0, 0.05) is 16.7 Å². The number of ether oxygens (including phenoxy) is 2. The van der Waals surface area contributed by atoms with Crippen LogP contribution in [0.1, 0.15) is 27.0 Å². The summed E-state index contributed by atoms with van der Waals surface area (Å²) >= 11 is 0. The maximum atomic E-state index is 13.5. The normalized spacial score (nSPS) is 14.9. The van der Waals surface area contributed by atoms with Crippen molar-refractivity contribution in [2.24, 2.45) is 0 Å². The Morgan fingerprint density at radius 3 is 2.23 bits per heavy atom. The van der Waals surface area contributed by atoms with Gasteiger partial charge in [0.2, 0.25) is 0 Å².